The number of hydrogen-bond donors (Lipinski definition) is 1. The van der Waals surface area contributed by atoms with Crippen LogP contribution in [0.25, 0.3) is 0 Å². The summed E-state index contributed by atoms with van der Waals surface area (Å²) < 4.78 is 5.23. The lowest BCUT2D eigenvalue weighted by Crippen LogP contribution is -2.34. The van der Waals surface area contributed by atoms with Crippen molar-refractivity contribution in [3.8, 4) is 0 Å². The molecule has 2 heterocycles. The molecule has 1 unspecified atom stereocenters. The third kappa shape index (κ3) is 2.38. The predicted octanol–water partition coefficient (Wildman–Crippen LogP) is 3.12. The molecular formula is C16H20N2O. The molecule has 1 atom stereocenters. The van der Waals surface area contributed by atoms with Crippen molar-refractivity contribution < 1.29 is 4.42 Å². The highest BCUT2D eigenvalue weighted by molar-refractivity contribution is 5.56. The topological polar surface area (TPSA) is 42.4 Å². The highest BCUT2D eigenvalue weighted by Crippen LogP contribution is 2.33. The molecule has 0 spiro atoms. The van der Waals surface area contributed by atoms with E-state index in [1.807, 2.05) is 12.3 Å². The average molecular weight is 256 g/mol. The van der Waals surface area contributed by atoms with Gasteiger partial charge in [0.15, 0.2) is 0 Å². The van der Waals surface area contributed by atoms with Crippen LogP contribution in [-0.4, -0.2) is 13.1 Å². The van der Waals surface area contributed by atoms with Crippen LogP contribution < -0.4 is 10.6 Å². The second kappa shape index (κ2) is 5.49. The highest BCUT2D eigenvalue weighted by Gasteiger charge is 2.23. The zero-order valence-corrected chi connectivity index (χ0v) is 11.1. The number of aryl methyl sites for hydroxylation is 1. The molecule has 2 aromatic rings. The maximum absolute atomic E-state index is 6.02. The van der Waals surface area contributed by atoms with Crippen LogP contribution in [0, 0.1) is 0 Å². The second-order valence-corrected chi connectivity index (χ2v) is 5.09. The van der Waals surface area contributed by atoms with Crippen LogP contribution in [0.1, 0.15) is 30.0 Å². The first-order valence-electron chi connectivity index (χ1n) is 6.97. The Hall–Kier alpha value is -1.74. The van der Waals surface area contributed by atoms with Gasteiger partial charge in [0.2, 0.25) is 0 Å². The van der Waals surface area contributed by atoms with E-state index in [4.69, 9.17) is 10.2 Å². The van der Waals surface area contributed by atoms with Crippen LogP contribution in [-0.2, 0) is 6.42 Å². The number of fused-ring (bicyclic) bond motifs is 1. The minimum absolute atomic E-state index is 0.206. The van der Waals surface area contributed by atoms with Crippen LogP contribution in [0.15, 0.2) is 47.3 Å². The van der Waals surface area contributed by atoms with E-state index in [2.05, 4.69) is 29.2 Å². The lowest BCUT2D eigenvalue weighted by atomic mass is 10.1. The van der Waals surface area contributed by atoms with Gasteiger partial charge in [-0.25, -0.2) is 0 Å². The van der Waals surface area contributed by atoms with Gasteiger partial charge in [0.1, 0.15) is 0 Å². The number of furan rings is 1. The van der Waals surface area contributed by atoms with Gasteiger partial charge in [0, 0.05) is 24.3 Å². The lowest BCUT2D eigenvalue weighted by molar-refractivity contribution is 0.551. The highest BCUT2D eigenvalue weighted by atomic mass is 16.3. The molecule has 2 N–H and O–H groups in total. The molecule has 3 heteroatoms. The van der Waals surface area contributed by atoms with Crippen molar-refractivity contribution in [3.05, 3.63) is 54.0 Å². The molecule has 0 aliphatic carbocycles. The zero-order chi connectivity index (χ0) is 13.1. The van der Waals surface area contributed by atoms with E-state index in [-0.39, 0.29) is 6.04 Å². The fourth-order valence-corrected chi connectivity index (χ4v) is 2.95. The van der Waals surface area contributed by atoms with Gasteiger partial charge in [-0.15, -0.1) is 0 Å². The first kappa shape index (κ1) is 12.3. The standard InChI is InChI=1S/C16H20N2O/c17-11-16(14-8-10-19-12-14)18-9-4-3-6-13-5-1-2-7-15(13)18/h1-2,5,7-8,10,12,16H,3-4,6,9,11,17H2. The van der Waals surface area contributed by atoms with E-state index in [0.717, 1.165) is 13.0 Å². The average Bonchev–Trinajstić information content (AvgIpc) is 2.88. The molecule has 1 aromatic carbocycles. The molecule has 0 fully saturated rings. The van der Waals surface area contributed by atoms with Crippen LogP contribution in [0.5, 0.6) is 0 Å². The summed E-state index contributed by atoms with van der Waals surface area (Å²) in [5.74, 6) is 0. The van der Waals surface area contributed by atoms with Crippen LogP contribution in [0.3, 0.4) is 0 Å². The summed E-state index contributed by atoms with van der Waals surface area (Å²) in [6.07, 6.45) is 7.15. The molecule has 100 valence electrons. The summed E-state index contributed by atoms with van der Waals surface area (Å²) in [6.45, 7) is 1.66. The molecule has 0 bridgehead atoms. The van der Waals surface area contributed by atoms with Gasteiger partial charge in [-0.3, -0.25) is 0 Å². The maximum atomic E-state index is 6.02. The molecule has 1 aromatic heterocycles. The lowest BCUT2D eigenvalue weighted by Gasteiger charge is -2.32. The predicted molar refractivity (Wildman–Crippen MR) is 77.2 cm³/mol. The fourth-order valence-electron chi connectivity index (χ4n) is 2.95. The molecule has 1 aliphatic heterocycles. The van der Waals surface area contributed by atoms with Crippen molar-refractivity contribution in [2.45, 2.75) is 25.3 Å². The van der Waals surface area contributed by atoms with E-state index in [1.54, 1.807) is 6.26 Å². The van der Waals surface area contributed by atoms with Gasteiger partial charge < -0.3 is 15.1 Å². The van der Waals surface area contributed by atoms with Crippen molar-refractivity contribution in [1.82, 2.24) is 0 Å². The number of hydrogen-bond acceptors (Lipinski definition) is 3. The minimum Gasteiger partial charge on any atom is -0.472 e. The number of rotatable bonds is 3. The molecule has 19 heavy (non-hydrogen) atoms. The van der Waals surface area contributed by atoms with E-state index >= 15 is 0 Å². The van der Waals surface area contributed by atoms with Crippen molar-refractivity contribution in [1.29, 1.82) is 0 Å². The minimum atomic E-state index is 0.206. The molecule has 3 rings (SSSR count). The summed E-state index contributed by atoms with van der Waals surface area (Å²) >= 11 is 0. The van der Waals surface area contributed by atoms with Gasteiger partial charge in [-0.2, -0.15) is 0 Å². The first-order chi connectivity index (χ1) is 9.40. The second-order valence-electron chi connectivity index (χ2n) is 5.09. The van der Waals surface area contributed by atoms with E-state index in [0.29, 0.717) is 6.54 Å². The Kier molecular flexibility index (Phi) is 3.56. The van der Waals surface area contributed by atoms with Crippen molar-refractivity contribution >= 4 is 5.69 Å². The Balaban J connectivity index is 1.99. The third-order valence-electron chi connectivity index (χ3n) is 3.92. The summed E-state index contributed by atoms with van der Waals surface area (Å²) in [4.78, 5) is 2.44. The normalized spacial score (nSPS) is 16.8. The van der Waals surface area contributed by atoms with Gasteiger partial charge >= 0.3 is 0 Å². The van der Waals surface area contributed by atoms with Crippen molar-refractivity contribution in [2.24, 2.45) is 5.73 Å². The molecule has 1 aliphatic rings. The van der Waals surface area contributed by atoms with Gasteiger partial charge in [0.05, 0.1) is 18.6 Å². The monoisotopic (exact) mass is 256 g/mol. The number of benzene rings is 1. The zero-order valence-electron chi connectivity index (χ0n) is 11.1. The summed E-state index contributed by atoms with van der Waals surface area (Å²) in [5.41, 5.74) is 9.95. The quantitative estimate of drug-likeness (QED) is 0.917. The third-order valence-corrected chi connectivity index (χ3v) is 3.92. The molecular weight excluding hydrogens is 236 g/mol. The smallest absolute Gasteiger partial charge is 0.0955 e. The van der Waals surface area contributed by atoms with Gasteiger partial charge in [0.25, 0.3) is 0 Å². The molecule has 0 amide bonds. The summed E-state index contributed by atoms with van der Waals surface area (Å²) in [7, 11) is 0. The van der Waals surface area contributed by atoms with Crippen LogP contribution >= 0.6 is 0 Å². The maximum Gasteiger partial charge on any atom is 0.0955 e. The Morgan fingerprint density at radius 3 is 2.89 bits per heavy atom. The van der Waals surface area contributed by atoms with Crippen LogP contribution in [0.4, 0.5) is 5.69 Å². The van der Waals surface area contributed by atoms with Crippen molar-refractivity contribution in [2.75, 3.05) is 18.0 Å². The largest absolute Gasteiger partial charge is 0.472 e. The van der Waals surface area contributed by atoms with E-state index in [9.17, 15) is 0 Å². The van der Waals surface area contributed by atoms with E-state index < -0.39 is 0 Å². The van der Waals surface area contributed by atoms with Crippen LogP contribution in [0.2, 0.25) is 0 Å². The summed E-state index contributed by atoms with van der Waals surface area (Å²) in [5, 5.41) is 0. The first-order valence-corrected chi connectivity index (χ1v) is 6.97. The molecule has 3 nitrogen and oxygen atoms in total. The molecule has 0 saturated carbocycles. The number of nitrogens with two attached hydrogens (primary N) is 1. The number of para-hydroxylation sites is 1. The number of nitrogens with zero attached hydrogens (tertiary/aromatic N) is 1. The van der Waals surface area contributed by atoms with E-state index in [1.165, 1.54) is 29.7 Å². The molecule has 0 radical (unpaired) electrons. The van der Waals surface area contributed by atoms with Gasteiger partial charge in [-0.1, -0.05) is 18.2 Å². The van der Waals surface area contributed by atoms with Gasteiger partial charge in [-0.05, 0) is 37.0 Å². The molecule has 0 saturated heterocycles. The summed E-state index contributed by atoms with van der Waals surface area (Å²) in [6, 6.07) is 10.9. The fraction of sp³-hybridized carbons (Fsp3) is 0.375. The van der Waals surface area contributed by atoms with Crippen molar-refractivity contribution in [3.63, 3.8) is 0 Å². The Morgan fingerprint density at radius 2 is 2.11 bits per heavy atom. The SMILES string of the molecule is NCC(c1ccoc1)N1CCCCc2ccccc21. The Labute approximate surface area is 114 Å². The Morgan fingerprint density at radius 1 is 1.21 bits per heavy atom. The Bertz CT molecular complexity index is 521. The number of anilines is 1.